The van der Waals surface area contributed by atoms with Gasteiger partial charge >= 0.3 is 0 Å². The van der Waals surface area contributed by atoms with Crippen molar-refractivity contribution in [3.05, 3.63) is 218 Å². The summed E-state index contributed by atoms with van der Waals surface area (Å²) in [5.41, 5.74) is 15.6. The van der Waals surface area contributed by atoms with Crippen LogP contribution in [0.15, 0.2) is 223 Å². The number of rotatable bonds is 8. The van der Waals surface area contributed by atoms with Crippen LogP contribution in [0, 0.1) is 0 Å². The van der Waals surface area contributed by atoms with Crippen molar-refractivity contribution >= 4 is 21.9 Å². The van der Waals surface area contributed by atoms with E-state index < -0.39 is 0 Å². The zero-order valence-corrected chi connectivity index (χ0v) is 33.0. The first kappa shape index (κ1) is 35.8. The van der Waals surface area contributed by atoms with Crippen molar-refractivity contribution in [2.24, 2.45) is 0 Å². The second-order valence-corrected chi connectivity index (χ2v) is 15.0. The molecule has 0 radical (unpaired) electrons. The highest BCUT2D eigenvalue weighted by molar-refractivity contribution is 6.16. The number of benzene rings is 8. The average molecular weight is 781 g/mol. The lowest BCUT2D eigenvalue weighted by Crippen LogP contribution is -1.96. The largest absolute Gasteiger partial charge is 0.456 e. The summed E-state index contributed by atoms with van der Waals surface area (Å²) in [7, 11) is 0. The molecule has 0 saturated carbocycles. The van der Waals surface area contributed by atoms with E-state index in [9.17, 15) is 0 Å². The number of furan rings is 1. The average Bonchev–Trinajstić information content (AvgIpc) is 3.73. The number of para-hydroxylation sites is 1. The Balaban J connectivity index is 1.02. The summed E-state index contributed by atoms with van der Waals surface area (Å²) in [4.78, 5) is 20.3. The number of nitrogens with zero attached hydrogens (tertiary/aromatic N) is 4. The van der Waals surface area contributed by atoms with Crippen LogP contribution in [0.2, 0.25) is 0 Å². The standard InChI is InChI=1S/C56H36N4O/c1-5-15-38(16-6-1)47-35-48(39-17-7-2-8-18-39)59-56(58-47)44-31-25-37(26-32-44)45-33-34-52-54(46-23-13-14-24-51(46)61-52)53(45)42-29-27-41(28-30-42)50-36-49(40-19-9-3-10-20-40)57-55(60-50)43-21-11-4-12-22-43/h1-36H. The van der Waals surface area contributed by atoms with E-state index in [1.165, 1.54) is 0 Å². The molecule has 286 valence electrons. The zero-order chi connectivity index (χ0) is 40.5. The van der Waals surface area contributed by atoms with E-state index in [1.807, 2.05) is 84.9 Å². The van der Waals surface area contributed by atoms with Gasteiger partial charge in [0.25, 0.3) is 0 Å². The van der Waals surface area contributed by atoms with Crippen LogP contribution in [0.25, 0.3) is 112 Å². The van der Waals surface area contributed by atoms with E-state index in [4.69, 9.17) is 24.4 Å². The van der Waals surface area contributed by atoms with Crippen molar-refractivity contribution in [2.45, 2.75) is 0 Å². The van der Waals surface area contributed by atoms with Gasteiger partial charge in [0.15, 0.2) is 11.6 Å². The Morgan fingerprint density at radius 2 is 0.656 bits per heavy atom. The molecule has 11 rings (SSSR count). The van der Waals surface area contributed by atoms with Crippen molar-refractivity contribution in [3.63, 3.8) is 0 Å². The Morgan fingerprint density at radius 3 is 1.16 bits per heavy atom. The van der Waals surface area contributed by atoms with Crippen LogP contribution in [-0.4, -0.2) is 19.9 Å². The van der Waals surface area contributed by atoms with Gasteiger partial charge in [-0.25, -0.2) is 19.9 Å². The van der Waals surface area contributed by atoms with Gasteiger partial charge in [0.05, 0.1) is 22.8 Å². The highest BCUT2D eigenvalue weighted by atomic mass is 16.3. The molecule has 0 aliphatic heterocycles. The topological polar surface area (TPSA) is 64.7 Å². The SMILES string of the molecule is c1ccc(-c2cc(-c3ccc(-c4c(-c5ccc(-c6nc(-c7ccccc7)cc(-c7ccccc7)n6)cc5)ccc5oc6ccccc6c45)cc3)nc(-c3ccccc3)n2)cc1. The summed E-state index contributed by atoms with van der Waals surface area (Å²) in [5.74, 6) is 1.37. The fraction of sp³-hybridized carbons (Fsp3) is 0. The maximum Gasteiger partial charge on any atom is 0.160 e. The number of hydrogen-bond donors (Lipinski definition) is 0. The smallest absolute Gasteiger partial charge is 0.160 e. The van der Waals surface area contributed by atoms with Crippen molar-refractivity contribution in [1.82, 2.24) is 19.9 Å². The minimum Gasteiger partial charge on any atom is -0.456 e. The Morgan fingerprint density at radius 1 is 0.279 bits per heavy atom. The van der Waals surface area contributed by atoms with E-state index in [0.717, 1.165) is 100 Å². The molecule has 0 spiro atoms. The molecule has 0 unspecified atom stereocenters. The molecule has 11 aromatic rings. The molecule has 5 heteroatoms. The first-order chi connectivity index (χ1) is 30.2. The third-order valence-corrected chi connectivity index (χ3v) is 11.2. The number of aromatic nitrogens is 4. The monoisotopic (exact) mass is 780 g/mol. The molecule has 0 amide bonds. The first-order valence-electron chi connectivity index (χ1n) is 20.4. The maximum absolute atomic E-state index is 6.45. The minimum absolute atomic E-state index is 0.675. The molecule has 0 bridgehead atoms. The molecule has 0 atom stereocenters. The summed E-state index contributed by atoms with van der Waals surface area (Å²) < 4.78 is 6.45. The molecule has 3 aromatic heterocycles. The summed E-state index contributed by atoms with van der Waals surface area (Å²) in [5, 5.41) is 2.15. The van der Waals surface area contributed by atoms with E-state index in [0.29, 0.717) is 11.6 Å². The van der Waals surface area contributed by atoms with Crippen LogP contribution >= 0.6 is 0 Å². The van der Waals surface area contributed by atoms with E-state index >= 15 is 0 Å². The summed E-state index contributed by atoms with van der Waals surface area (Å²) in [6.07, 6.45) is 0. The Bertz CT molecular complexity index is 3200. The highest BCUT2D eigenvalue weighted by Gasteiger charge is 2.19. The molecule has 0 saturated heterocycles. The quantitative estimate of drug-likeness (QED) is 0.154. The van der Waals surface area contributed by atoms with Crippen molar-refractivity contribution in [1.29, 1.82) is 0 Å². The molecule has 8 aromatic carbocycles. The Labute approximate surface area is 353 Å². The molecule has 0 aliphatic rings. The van der Waals surface area contributed by atoms with Gasteiger partial charge in [-0.2, -0.15) is 0 Å². The fourth-order valence-corrected chi connectivity index (χ4v) is 8.12. The second-order valence-electron chi connectivity index (χ2n) is 15.0. The van der Waals surface area contributed by atoms with Crippen LogP contribution in [-0.2, 0) is 0 Å². The normalized spacial score (nSPS) is 11.3. The fourth-order valence-electron chi connectivity index (χ4n) is 8.12. The molecular formula is C56H36N4O. The van der Waals surface area contributed by atoms with Crippen LogP contribution in [0.4, 0.5) is 0 Å². The molecule has 3 heterocycles. The lowest BCUT2D eigenvalue weighted by atomic mass is 9.89. The predicted molar refractivity (Wildman–Crippen MR) is 248 cm³/mol. The molecule has 0 aliphatic carbocycles. The van der Waals surface area contributed by atoms with Gasteiger partial charge in [-0.1, -0.05) is 194 Å². The molecule has 61 heavy (non-hydrogen) atoms. The van der Waals surface area contributed by atoms with E-state index in [-0.39, 0.29) is 0 Å². The van der Waals surface area contributed by atoms with Gasteiger partial charge in [0.1, 0.15) is 11.2 Å². The Kier molecular flexibility index (Phi) is 9.10. The van der Waals surface area contributed by atoms with Crippen LogP contribution in [0.5, 0.6) is 0 Å². The van der Waals surface area contributed by atoms with Crippen molar-refractivity contribution < 1.29 is 4.42 Å². The third-order valence-electron chi connectivity index (χ3n) is 11.2. The first-order valence-corrected chi connectivity index (χ1v) is 20.4. The second kappa shape index (κ2) is 15.5. The number of hydrogen-bond acceptors (Lipinski definition) is 5. The van der Waals surface area contributed by atoms with Crippen LogP contribution in [0.1, 0.15) is 0 Å². The Hall–Kier alpha value is -8.28. The van der Waals surface area contributed by atoms with Gasteiger partial charge < -0.3 is 4.42 Å². The predicted octanol–water partition coefficient (Wildman–Crippen LogP) is 14.5. The molecular weight excluding hydrogens is 745 g/mol. The summed E-state index contributed by atoms with van der Waals surface area (Å²) in [6, 6.07) is 75.0. The van der Waals surface area contributed by atoms with Gasteiger partial charge in [-0.3, -0.25) is 0 Å². The third kappa shape index (κ3) is 6.94. The zero-order valence-electron chi connectivity index (χ0n) is 33.0. The van der Waals surface area contributed by atoms with Gasteiger partial charge in [-0.05, 0) is 41.0 Å². The summed E-state index contributed by atoms with van der Waals surface area (Å²) in [6.45, 7) is 0. The van der Waals surface area contributed by atoms with Gasteiger partial charge in [0.2, 0.25) is 0 Å². The number of fused-ring (bicyclic) bond motifs is 3. The highest BCUT2D eigenvalue weighted by Crippen LogP contribution is 2.43. The van der Waals surface area contributed by atoms with Crippen molar-refractivity contribution in [2.75, 3.05) is 0 Å². The van der Waals surface area contributed by atoms with E-state index in [1.54, 1.807) is 0 Å². The molecule has 0 fully saturated rings. The molecule has 5 nitrogen and oxygen atoms in total. The van der Waals surface area contributed by atoms with Crippen LogP contribution < -0.4 is 0 Å². The van der Waals surface area contributed by atoms with Gasteiger partial charge in [0, 0.05) is 49.7 Å². The summed E-state index contributed by atoms with van der Waals surface area (Å²) >= 11 is 0. The van der Waals surface area contributed by atoms with Crippen LogP contribution in [0.3, 0.4) is 0 Å². The maximum atomic E-state index is 6.45. The minimum atomic E-state index is 0.675. The molecule has 0 N–H and O–H groups in total. The van der Waals surface area contributed by atoms with E-state index in [2.05, 4.69) is 133 Å². The van der Waals surface area contributed by atoms with Gasteiger partial charge in [-0.15, -0.1) is 0 Å². The van der Waals surface area contributed by atoms with Crippen molar-refractivity contribution in [3.8, 4) is 90.1 Å². The lowest BCUT2D eigenvalue weighted by molar-refractivity contribution is 0.669. The lowest BCUT2D eigenvalue weighted by Gasteiger charge is -2.14.